The van der Waals surface area contributed by atoms with Crippen molar-refractivity contribution in [3.05, 3.63) is 48.2 Å². The minimum atomic E-state index is -0.752. The summed E-state index contributed by atoms with van der Waals surface area (Å²) in [4.78, 5) is 19.9. The van der Waals surface area contributed by atoms with Gasteiger partial charge in [-0.2, -0.15) is 0 Å². The first-order chi connectivity index (χ1) is 11.1. The molecule has 0 aliphatic carbocycles. The van der Waals surface area contributed by atoms with Crippen molar-refractivity contribution in [3.63, 3.8) is 0 Å². The van der Waals surface area contributed by atoms with Crippen LogP contribution < -0.4 is 0 Å². The number of hydrogen-bond donors (Lipinski definition) is 1. The molecule has 0 unspecified atom stereocenters. The topological polar surface area (TPSA) is 68.0 Å². The largest absolute Gasteiger partial charge is 0.481 e. The van der Waals surface area contributed by atoms with Crippen LogP contribution in [0.3, 0.4) is 0 Å². The Bertz CT molecular complexity index is 825. The first-order valence-electron chi connectivity index (χ1n) is 7.75. The third kappa shape index (κ3) is 3.39. The highest BCUT2D eigenvalue weighted by Gasteiger charge is 2.13. The Hall–Kier alpha value is -2.69. The van der Waals surface area contributed by atoms with Crippen LogP contribution in [-0.2, 0) is 11.3 Å². The van der Waals surface area contributed by atoms with Crippen LogP contribution in [0.15, 0.2) is 42.6 Å². The number of benzene rings is 1. The lowest BCUT2D eigenvalue weighted by molar-refractivity contribution is -0.137. The lowest BCUT2D eigenvalue weighted by Gasteiger charge is -2.08. The molecule has 0 atom stereocenters. The minimum absolute atomic E-state index is 0.194. The molecule has 118 valence electrons. The standard InChI is InChI=1S/C18H19N3O2/c1-13-11-15-18(19-12-13)21(10-6-5-9-16(22)23)17(20-15)14-7-3-2-4-8-14/h2-4,7-8,11-12H,5-6,9-10H2,1H3,(H,22,23). The van der Waals surface area contributed by atoms with Gasteiger partial charge in [0, 0.05) is 24.7 Å². The van der Waals surface area contributed by atoms with Gasteiger partial charge in [0.25, 0.3) is 0 Å². The number of aromatic nitrogens is 3. The van der Waals surface area contributed by atoms with Crippen LogP contribution in [0.5, 0.6) is 0 Å². The Kier molecular flexibility index (Phi) is 4.37. The smallest absolute Gasteiger partial charge is 0.303 e. The summed E-state index contributed by atoms with van der Waals surface area (Å²) in [6, 6.07) is 12.0. The van der Waals surface area contributed by atoms with E-state index in [1.807, 2.05) is 49.5 Å². The Morgan fingerprint density at radius 3 is 2.74 bits per heavy atom. The van der Waals surface area contributed by atoms with Crippen LogP contribution >= 0.6 is 0 Å². The Morgan fingerprint density at radius 1 is 1.22 bits per heavy atom. The summed E-state index contributed by atoms with van der Waals surface area (Å²) < 4.78 is 2.09. The molecule has 5 nitrogen and oxygen atoms in total. The summed E-state index contributed by atoms with van der Waals surface area (Å²) in [5, 5.41) is 8.77. The molecule has 1 aromatic carbocycles. The molecule has 0 saturated carbocycles. The average Bonchev–Trinajstić information content (AvgIpc) is 2.90. The number of imidazole rings is 1. The van der Waals surface area contributed by atoms with Gasteiger partial charge >= 0.3 is 5.97 Å². The van der Waals surface area contributed by atoms with Crippen LogP contribution in [0.2, 0.25) is 0 Å². The number of rotatable bonds is 6. The Balaban J connectivity index is 1.97. The van der Waals surface area contributed by atoms with Crippen molar-refractivity contribution in [2.24, 2.45) is 0 Å². The van der Waals surface area contributed by atoms with E-state index in [9.17, 15) is 4.79 Å². The lowest BCUT2D eigenvalue weighted by atomic mass is 10.2. The highest BCUT2D eigenvalue weighted by atomic mass is 16.4. The van der Waals surface area contributed by atoms with E-state index < -0.39 is 5.97 Å². The third-order valence-electron chi connectivity index (χ3n) is 3.78. The Morgan fingerprint density at radius 2 is 2.00 bits per heavy atom. The van der Waals surface area contributed by atoms with Gasteiger partial charge in [-0.15, -0.1) is 0 Å². The number of unbranched alkanes of at least 4 members (excludes halogenated alkanes) is 1. The molecular formula is C18H19N3O2. The highest BCUT2D eigenvalue weighted by Crippen LogP contribution is 2.24. The van der Waals surface area contributed by atoms with Crippen LogP contribution in [0.1, 0.15) is 24.8 Å². The quantitative estimate of drug-likeness (QED) is 0.706. The second kappa shape index (κ2) is 6.60. The summed E-state index contributed by atoms with van der Waals surface area (Å²) >= 11 is 0. The maximum Gasteiger partial charge on any atom is 0.303 e. The molecular weight excluding hydrogens is 290 g/mol. The lowest BCUT2D eigenvalue weighted by Crippen LogP contribution is -2.03. The number of pyridine rings is 1. The zero-order valence-corrected chi connectivity index (χ0v) is 13.1. The number of fused-ring (bicyclic) bond motifs is 1. The molecule has 0 fully saturated rings. The Labute approximate surface area is 134 Å². The summed E-state index contributed by atoms with van der Waals surface area (Å²) in [5.74, 6) is 0.131. The average molecular weight is 309 g/mol. The van der Waals surface area contributed by atoms with Gasteiger partial charge in [-0.05, 0) is 31.4 Å². The van der Waals surface area contributed by atoms with Gasteiger partial charge in [0.05, 0.1) is 0 Å². The molecule has 0 radical (unpaired) electrons. The predicted octanol–water partition coefficient (Wildman–Crippen LogP) is 3.66. The maximum absolute atomic E-state index is 10.7. The molecule has 5 heteroatoms. The second-order valence-corrected chi connectivity index (χ2v) is 5.66. The molecule has 23 heavy (non-hydrogen) atoms. The molecule has 0 bridgehead atoms. The van der Waals surface area contributed by atoms with E-state index in [-0.39, 0.29) is 6.42 Å². The second-order valence-electron chi connectivity index (χ2n) is 5.66. The van der Waals surface area contributed by atoms with E-state index in [4.69, 9.17) is 10.1 Å². The molecule has 0 amide bonds. The van der Waals surface area contributed by atoms with Crippen molar-refractivity contribution in [2.45, 2.75) is 32.7 Å². The van der Waals surface area contributed by atoms with Crippen LogP contribution in [0.4, 0.5) is 0 Å². The van der Waals surface area contributed by atoms with Crippen molar-refractivity contribution < 1.29 is 9.90 Å². The van der Waals surface area contributed by atoms with E-state index in [2.05, 4.69) is 9.55 Å². The normalized spacial score (nSPS) is 11.0. The molecule has 0 spiro atoms. The highest BCUT2D eigenvalue weighted by molar-refractivity contribution is 5.77. The number of hydrogen-bond acceptors (Lipinski definition) is 3. The zero-order valence-electron chi connectivity index (χ0n) is 13.1. The fraction of sp³-hybridized carbons (Fsp3) is 0.278. The van der Waals surface area contributed by atoms with Crippen molar-refractivity contribution in [2.75, 3.05) is 0 Å². The van der Waals surface area contributed by atoms with E-state index in [1.165, 1.54) is 0 Å². The van der Waals surface area contributed by atoms with Crippen LogP contribution in [0.25, 0.3) is 22.6 Å². The number of aryl methyl sites for hydroxylation is 2. The molecule has 3 rings (SSSR count). The summed E-state index contributed by atoms with van der Waals surface area (Å²) in [6.07, 6.45) is 3.47. The van der Waals surface area contributed by atoms with E-state index in [0.29, 0.717) is 13.0 Å². The fourth-order valence-corrected chi connectivity index (χ4v) is 2.68. The SMILES string of the molecule is Cc1cnc2c(c1)nc(-c1ccccc1)n2CCCCC(=O)O. The molecule has 0 aliphatic heterocycles. The summed E-state index contributed by atoms with van der Waals surface area (Å²) in [5.41, 5.74) is 3.85. The molecule has 2 aromatic heterocycles. The molecule has 1 N–H and O–H groups in total. The first kappa shape index (κ1) is 15.2. The zero-order chi connectivity index (χ0) is 16.2. The molecule has 0 saturated heterocycles. The van der Waals surface area contributed by atoms with Gasteiger partial charge in [-0.3, -0.25) is 4.79 Å². The van der Waals surface area contributed by atoms with E-state index >= 15 is 0 Å². The van der Waals surface area contributed by atoms with Crippen LogP contribution in [-0.4, -0.2) is 25.6 Å². The van der Waals surface area contributed by atoms with Crippen molar-refractivity contribution in [3.8, 4) is 11.4 Å². The van der Waals surface area contributed by atoms with Gasteiger partial charge in [-0.1, -0.05) is 30.3 Å². The van der Waals surface area contributed by atoms with Crippen molar-refractivity contribution in [1.82, 2.24) is 14.5 Å². The van der Waals surface area contributed by atoms with Crippen LogP contribution in [0, 0.1) is 6.92 Å². The van der Waals surface area contributed by atoms with Gasteiger partial charge in [0.1, 0.15) is 11.3 Å². The summed E-state index contributed by atoms with van der Waals surface area (Å²) in [6.45, 7) is 2.71. The first-order valence-corrected chi connectivity index (χ1v) is 7.75. The predicted molar refractivity (Wildman–Crippen MR) is 89.2 cm³/mol. The summed E-state index contributed by atoms with van der Waals surface area (Å²) in [7, 11) is 0. The van der Waals surface area contributed by atoms with Gasteiger partial charge in [0.15, 0.2) is 5.65 Å². The van der Waals surface area contributed by atoms with E-state index in [1.54, 1.807) is 0 Å². The van der Waals surface area contributed by atoms with Gasteiger partial charge in [0.2, 0.25) is 0 Å². The minimum Gasteiger partial charge on any atom is -0.481 e. The fourth-order valence-electron chi connectivity index (χ4n) is 2.68. The van der Waals surface area contributed by atoms with Crippen molar-refractivity contribution >= 4 is 17.1 Å². The van der Waals surface area contributed by atoms with Crippen molar-refractivity contribution in [1.29, 1.82) is 0 Å². The molecule has 2 heterocycles. The maximum atomic E-state index is 10.7. The van der Waals surface area contributed by atoms with Gasteiger partial charge in [-0.25, -0.2) is 9.97 Å². The van der Waals surface area contributed by atoms with Gasteiger partial charge < -0.3 is 9.67 Å². The number of carbonyl (C=O) groups is 1. The van der Waals surface area contributed by atoms with E-state index in [0.717, 1.165) is 34.5 Å². The monoisotopic (exact) mass is 309 g/mol. The number of carboxylic acid groups (broad SMARTS) is 1. The number of carboxylic acids is 1. The third-order valence-corrected chi connectivity index (χ3v) is 3.78. The molecule has 0 aliphatic rings. The molecule has 3 aromatic rings. The number of aliphatic carboxylic acids is 1. The number of nitrogens with zero attached hydrogens (tertiary/aromatic N) is 3.